The standard InChI is InChI=1S/C17H23N5O2/c1-13-5-6-15(24-13)14(22-8-10-23-11-9-22)12-20-17(18)21-16-4-2-3-7-19-16/h2-7,14H,8-12H2,1H3,(H3,18,19,20,21). The van der Waals surface area contributed by atoms with Gasteiger partial charge in [0.05, 0.1) is 25.8 Å². The third-order valence-electron chi connectivity index (χ3n) is 3.93. The molecule has 0 aliphatic carbocycles. The van der Waals surface area contributed by atoms with E-state index in [0.717, 1.165) is 37.8 Å². The number of hydrogen-bond acceptors (Lipinski definition) is 5. The fraction of sp³-hybridized carbons (Fsp3) is 0.412. The van der Waals surface area contributed by atoms with Crippen molar-refractivity contribution in [3.63, 3.8) is 0 Å². The first kappa shape index (κ1) is 16.5. The van der Waals surface area contributed by atoms with Gasteiger partial charge in [0.25, 0.3) is 0 Å². The van der Waals surface area contributed by atoms with Crippen molar-refractivity contribution in [3.8, 4) is 0 Å². The summed E-state index contributed by atoms with van der Waals surface area (Å²) in [7, 11) is 0. The molecular formula is C17H23N5O2. The van der Waals surface area contributed by atoms with Gasteiger partial charge in [-0.3, -0.25) is 9.89 Å². The van der Waals surface area contributed by atoms with Crippen molar-refractivity contribution in [2.24, 2.45) is 10.7 Å². The van der Waals surface area contributed by atoms with E-state index >= 15 is 0 Å². The van der Waals surface area contributed by atoms with Gasteiger partial charge in [0.15, 0.2) is 5.96 Å². The molecule has 0 saturated carbocycles. The summed E-state index contributed by atoms with van der Waals surface area (Å²) in [5.41, 5.74) is 5.99. The van der Waals surface area contributed by atoms with Crippen LogP contribution in [0.3, 0.4) is 0 Å². The number of furan rings is 1. The molecular weight excluding hydrogens is 306 g/mol. The van der Waals surface area contributed by atoms with Crippen molar-refractivity contribution < 1.29 is 9.15 Å². The lowest BCUT2D eigenvalue weighted by Crippen LogP contribution is -2.40. The van der Waals surface area contributed by atoms with E-state index in [0.29, 0.717) is 18.3 Å². The topological polar surface area (TPSA) is 88.9 Å². The van der Waals surface area contributed by atoms with Crippen LogP contribution in [-0.4, -0.2) is 48.7 Å². The Morgan fingerprint density at radius 3 is 2.83 bits per heavy atom. The summed E-state index contributed by atoms with van der Waals surface area (Å²) in [5.74, 6) is 2.82. The predicted molar refractivity (Wildman–Crippen MR) is 92.9 cm³/mol. The second-order valence-electron chi connectivity index (χ2n) is 5.68. The molecule has 2 aromatic rings. The SMILES string of the molecule is Cc1ccc(C(CN=C(N)Nc2ccccn2)N2CCOCC2)o1. The molecule has 7 heteroatoms. The second kappa shape index (κ2) is 7.94. The predicted octanol–water partition coefficient (Wildman–Crippen LogP) is 1.78. The summed E-state index contributed by atoms with van der Waals surface area (Å²) in [4.78, 5) is 11.0. The quantitative estimate of drug-likeness (QED) is 0.642. The van der Waals surface area contributed by atoms with Crippen molar-refractivity contribution in [1.82, 2.24) is 9.88 Å². The van der Waals surface area contributed by atoms with Crippen LogP contribution in [-0.2, 0) is 4.74 Å². The highest BCUT2D eigenvalue weighted by molar-refractivity contribution is 5.91. The Morgan fingerprint density at radius 1 is 1.33 bits per heavy atom. The Labute approximate surface area is 141 Å². The molecule has 1 aliphatic heterocycles. The largest absolute Gasteiger partial charge is 0.465 e. The minimum atomic E-state index is 0.0479. The molecule has 0 bridgehead atoms. The van der Waals surface area contributed by atoms with E-state index in [4.69, 9.17) is 14.9 Å². The summed E-state index contributed by atoms with van der Waals surface area (Å²) in [6, 6.07) is 9.62. The fourth-order valence-corrected chi connectivity index (χ4v) is 2.70. The maximum atomic E-state index is 5.99. The molecule has 3 rings (SSSR count). The smallest absolute Gasteiger partial charge is 0.194 e. The number of aliphatic imine (C=N–C) groups is 1. The molecule has 1 atom stereocenters. The molecule has 3 heterocycles. The highest BCUT2D eigenvalue weighted by Crippen LogP contribution is 2.24. The van der Waals surface area contributed by atoms with Crippen LogP contribution < -0.4 is 11.1 Å². The lowest BCUT2D eigenvalue weighted by molar-refractivity contribution is 0.0135. The van der Waals surface area contributed by atoms with Crippen LogP contribution in [0.25, 0.3) is 0 Å². The Morgan fingerprint density at radius 2 is 2.17 bits per heavy atom. The number of hydrogen-bond donors (Lipinski definition) is 2. The maximum Gasteiger partial charge on any atom is 0.194 e. The van der Waals surface area contributed by atoms with Crippen molar-refractivity contribution in [2.75, 3.05) is 38.2 Å². The third kappa shape index (κ3) is 4.33. The molecule has 1 saturated heterocycles. The second-order valence-corrected chi connectivity index (χ2v) is 5.68. The molecule has 24 heavy (non-hydrogen) atoms. The van der Waals surface area contributed by atoms with Gasteiger partial charge in [-0.1, -0.05) is 6.07 Å². The molecule has 0 radical (unpaired) electrons. The van der Waals surface area contributed by atoms with Crippen molar-refractivity contribution in [2.45, 2.75) is 13.0 Å². The van der Waals surface area contributed by atoms with E-state index in [1.165, 1.54) is 0 Å². The van der Waals surface area contributed by atoms with Gasteiger partial charge in [-0.2, -0.15) is 0 Å². The summed E-state index contributed by atoms with van der Waals surface area (Å²) in [5, 5.41) is 3.00. The number of rotatable bonds is 5. The molecule has 0 aromatic carbocycles. The number of nitrogens with one attached hydrogen (secondary N) is 1. The lowest BCUT2D eigenvalue weighted by atomic mass is 10.2. The molecule has 1 fully saturated rings. The number of nitrogens with zero attached hydrogens (tertiary/aromatic N) is 3. The van der Waals surface area contributed by atoms with Gasteiger partial charge < -0.3 is 20.2 Å². The van der Waals surface area contributed by atoms with Gasteiger partial charge in [-0.05, 0) is 31.2 Å². The van der Waals surface area contributed by atoms with Crippen LogP contribution in [0.1, 0.15) is 17.6 Å². The molecule has 7 nitrogen and oxygen atoms in total. The van der Waals surface area contributed by atoms with Gasteiger partial charge in [0, 0.05) is 19.3 Å². The van der Waals surface area contributed by atoms with Gasteiger partial charge >= 0.3 is 0 Å². The highest BCUT2D eigenvalue weighted by atomic mass is 16.5. The third-order valence-corrected chi connectivity index (χ3v) is 3.93. The number of aryl methyl sites for hydroxylation is 1. The van der Waals surface area contributed by atoms with E-state index < -0.39 is 0 Å². The zero-order valence-electron chi connectivity index (χ0n) is 13.8. The minimum Gasteiger partial charge on any atom is -0.465 e. The van der Waals surface area contributed by atoms with Crippen LogP contribution in [0.4, 0.5) is 5.82 Å². The number of nitrogens with two attached hydrogens (primary N) is 1. The van der Waals surface area contributed by atoms with Gasteiger partial charge in [0.1, 0.15) is 17.3 Å². The average Bonchev–Trinajstić information content (AvgIpc) is 3.03. The zero-order chi connectivity index (χ0) is 16.8. The normalized spacial score (nSPS) is 17.6. The first-order valence-electron chi connectivity index (χ1n) is 8.08. The molecule has 3 N–H and O–H groups in total. The number of ether oxygens (including phenoxy) is 1. The Kier molecular flexibility index (Phi) is 5.45. The molecule has 0 spiro atoms. The number of morpholine rings is 1. The van der Waals surface area contributed by atoms with E-state index in [1.807, 2.05) is 37.3 Å². The summed E-state index contributed by atoms with van der Waals surface area (Å²) in [6.45, 7) is 5.61. The molecule has 128 valence electrons. The van der Waals surface area contributed by atoms with Crippen LogP contribution in [0.15, 0.2) is 45.9 Å². The van der Waals surface area contributed by atoms with E-state index in [-0.39, 0.29) is 6.04 Å². The Hall–Kier alpha value is -2.38. The first-order chi connectivity index (χ1) is 11.7. The monoisotopic (exact) mass is 329 g/mol. The van der Waals surface area contributed by atoms with E-state index in [9.17, 15) is 0 Å². The highest BCUT2D eigenvalue weighted by Gasteiger charge is 2.25. The van der Waals surface area contributed by atoms with Gasteiger partial charge in [0.2, 0.25) is 0 Å². The zero-order valence-corrected chi connectivity index (χ0v) is 13.8. The molecule has 2 aromatic heterocycles. The maximum absolute atomic E-state index is 5.99. The van der Waals surface area contributed by atoms with Crippen LogP contribution in [0.5, 0.6) is 0 Å². The average molecular weight is 329 g/mol. The van der Waals surface area contributed by atoms with Gasteiger partial charge in [-0.25, -0.2) is 4.98 Å². The minimum absolute atomic E-state index is 0.0479. The fourth-order valence-electron chi connectivity index (χ4n) is 2.70. The van der Waals surface area contributed by atoms with Crippen LogP contribution in [0.2, 0.25) is 0 Å². The van der Waals surface area contributed by atoms with E-state index in [1.54, 1.807) is 6.20 Å². The van der Waals surface area contributed by atoms with Crippen molar-refractivity contribution >= 4 is 11.8 Å². The molecule has 1 aliphatic rings. The van der Waals surface area contributed by atoms with Crippen LogP contribution in [0, 0.1) is 6.92 Å². The number of aromatic nitrogens is 1. The van der Waals surface area contributed by atoms with Crippen LogP contribution >= 0.6 is 0 Å². The Bertz CT molecular complexity index is 665. The van der Waals surface area contributed by atoms with Gasteiger partial charge in [-0.15, -0.1) is 0 Å². The summed E-state index contributed by atoms with van der Waals surface area (Å²) in [6.07, 6.45) is 1.71. The van der Waals surface area contributed by atoms with E-state index in [2.05, 4.69) is 20.2 Å². The lowest BCUT2D eigenvalue weighted by Gasteiger charge is -2.32. The summed E-state index contributed by atoms with van der Waals surface area (Å²) >= 11 is 0. The Balaban J connectivity index is 1.70. The molecule has 0 amide bonds. The number of guanidine groups is 1. The first-order valence-corrected chi connectivity index (χ1v) is 8.08. The van der Waals surface area contributed by atoms with Crippen molar-refractivity contribution in [3.05, 3.63) is 48.0 Å². The van der Waals surface area contributed by atoms with Crippen molar-refractivity contribution in [1.29, 1.82) is 0 Å². The number of anilines is 1. The molecule has 1 unspecified atom stereocenters. The summed E-state index contributed by atoms with van der Waals surface area (Å²) < 4.78 is 11.3. The number of pyridine rings is 1.